The molecule has 14 atom stereocenters. The quantitative estimate of drug-likeness (QED) is 0.252. The van der Waals surface area contributed by atoms with Crippen LogP contribution in [0.1, 0.15) is 80.7 Å². The number of Topliss-reactive ketones (excluding diaryl/α,β-unsaturated/α-hetero) is 1. The lowest BCUT2D eigenvalue weighted by Crippen LogP contribution is -2.63. The normalized spacial score (nSPS) is 39.1. The number of rotatable bonds is 9. The number of aliphatic hydroxyl groups excluding tert-OH is 1. The van der Waals surface area contributed by atoms with Crippen LogP contribution in [-0.2, 0) is 33.3 Å². The molecule has 4 heterocycles. The molecule has 3 saturated heterocycles. The first-order valence-electron chi connectivity index (χ1n) is 20.8. The van der Waals surface area contributed by atoms with Gasteiger partial charge in [0.1, 0.15) is 12.2 Å². The van der Waals surface area contributed by atoms with Crippen LogP contribution in [0.2, 0.25) is 0 Å². The Balaban J connectivity index is 1.62. The molecule has 14 nitrogen and oxygen atoms in total. The van der Waals surface area contributed by atoms with E-state index in [0.29, 0.717) is 13.0 Å². The third-order valence-corrected chi connectivity index (χ3v) is 13.1. The van der Waals surface area contributed by atoms with Crippen molar-refractivity contribution in [2.75, 3.05) is 34.3 Å². The summed E-state index contributed by atoms with van der Waals surface area (Å²) in [6.07, 6.45) is 0.267. The Bertz CT molecular complexity index is 1840. The molecule has 1 aromatic heterocycles. The Morgan fingerprint density at radius 2 is 1.75 bits per heavy atom. The maximum Gasteiger partial charge on any atom is 0.425 e. The van der Waals surface area contributed by atoms with Crippen LogP contribution < -0.4 is 5.73 Å². The zero-order valence-corrected chi connectivity index (χ0v) is 36.8. The minimum Gasteiger partial charge on any atom is -0.456 e. The predicted octanol–water partition coefficient (Wildman–Crippen LogP) is 5.15. The SMILES string of the molecule is CCN(C)N1C(=O)O[C@]2(C)[C@@H](C)OC(=O)C(C)(F)C(=O)[C@H](C)[C@@H](O[C@@H]3O[C@H](C)C[C@H](N(C)C)[C@H]3O)[C@@](C)(OC/C=C/c3cccc4cccnc34)C[C@@H](C)C(N)[C@H](C)[C@@H]12. The number of cyclic esters (lactones) is 1. The van der Waals surface area contributed by atoms with Crippen molar-refractivity contribution in [2.45, 2.75) is 141 Å². The lowest BCUT2D eigenvalue weighted by atomic mass is 9.72. The van der Waals surface area contributed by atoms with Crippen LogP contribution in [0.15, 0.2) is 42.6 Å². The summed E-state index contributed by atoms with van der Waals surface area (Å²) in [5.41, 5.74) is 2.80. The highest BCUT2D eigenvalue weighted by molar-refractivity contribution is 6.07. The number of halogens is 1. The Morgan fingerprint density at radius 3 is 2.41 bits per heavy atom. The number of fused-ring (bicyclic) bond motifs is 2. The molecule has 0 radical (unpaired) electrons. The first-order valence-corrected chi connectivity index (χ1v) is 20.8. The number of aromatic nitrogens is 1. The van der Waals surface area contributed by atoms with Crippen molar-refractivity contribution in [3.05, 3.63) is 48.2 Å². The molecule has 15 heteroatoms. The van der Waals surface area contributed by atoms with Crippen LogP contribution in [0.5, 0.6) is 0 Å². The van der Waals surface area contributed by atoms with Gasteiger partial charge < -0.3 is 39.4 Å². The topological polar surface area (TPSA) is 166 Å². The van der Waals surface area contributed by atoms with Crippen molar-refractivity contribution in [3.8, 4) is 0 Å². The van der Waals surface area contributed by atoms with E-state index in [1.807, 2.05) is 89.2 Å². The second kappa shape index (κ2) is 18.2. The fourth-order valence-corrected chi connectivity index (χ4v) is 9.30. The van der Waals surface area contributed by atoms with Crippen LogP contribution in [0.3, 0.4) is 0 Å². The van der Waals surface area contributed by atoms with Gasteiger partial charge in [-0.3, -0.25) is 9.78 Å². The molecule has 2 aromatic rings. The van der Waals surface area contributed by atoms with E-state index >= 15 is 4.39 Å². The molecule has 5 rings (SSSR count). The van der Waals surface area contributed by atoms with E-state index in [4.69, 9.17) is 29.4 Å². The zero-order valence-electron chi connectivity index (χ0n) is 36.8. The number of carbonyl (C=O) groups is 3. The number of hydrogen-bond donors (Lipinski definition) is 2. The molecule has 1 aromatic carbocycles. The molecule has 0 saturated carbocycles. The number of carbonyl (C=O) groups excluding carboxylic acids is 3. The standard InChI is InChI=1S/C44H66FN5O9/c1-13-49(12)50-36-27(4)33(46)25(2)24-42(7,55-22-16-20-31-18-14-17-30-19-15-21-47-34(30)31)38(58-39-35(51)32(48(10)11)23-26(3)56-39)28(5)37(52)43(8,45)40(53)57-29(6)44(36,9)59-41(50)54/h14-21,25-29,32-33,35-36,38-39,51H,13,22-24,46H2,1-12H3/b20-16+/t25-,26-,27+,28+,29-,32+,33?,35-,36-,38-,39+,42+,43?,44-/m1/s1. The van der Waals surface area contributed by atoms with Crippen LogP contribution in [0.4, 0.5) is 9.18 Å². The van der Waals surface area contributed by atoms with E-state index in [9.17, 15) is 19.5 Å². The van der Waals surface area contributed by atoms with Crippen molar-refractivity contribution < 1.29 is 47.6 Å². The van der Waals surface area contributed by atoms with Gasteiger partial charge in [0.05, 0.1) is 36.0 Å². The Kier molecular flexibility index (Phi) is 14.3. The van der Waals surface area contributed by atoms with Crippen molar-refractivity contribution in [2.24, 2.45) is 23.5 Å². The summed E-state index contributed by atoms with van der Waals surface area (Å²) in [6.45, 7) is 15.4. The highest BCUT2D eigenvalue weighted by Gasteiger charge is 2.62. The van der Waals surface area contributed by atoms with E-state index in [-0.39, 0.29) is 31.1 Å². The number of ether oxygens (including phenoxy) is 5. The van der Waals surface area contributed by atoms with Crippen molar-refractivity contribution >= 4 is 34.8 Å². The molecule has 2 unspecified atom stereocenters. The van der Waals surface area contributed by atoms with Gasteiger partial charge >= 0.3 is 12.1 Å². The largest absolute Gasteiger partial charge is 0.456 e. The Morgan fingerprint density at radius 1 is 1.07 bits per heavy atom. The van der Waals surface area contributed by atoms with Crippen LogP contribution in [0.25, 0.3) is 17.0 Å². The molecule has 59 heavy (non-hydrogen) atoms. The number of ketones is 1. The number of pyridine rings is 1. The van der Waals surface area contributed by atoms with Crippen molar-refractivity contribution in [1.29, 1.82) is 0 Å². The second-order valence-corrected chi connectivity index (χ2v) is 17.7. The number of hydrazine groups is 1. The summed E-state index contributed by atoms with van der Waals surface area (Å²) < 4.78 is 48.6. The lowest BCUT2D eigenvalue weighted by Gasteiger charge is -2.48. The molecule has 328 valence electrons. The number of esters is 1. The van der Waals surface area contributed by atoms with Crippen LogP contribution >= 0.6 is 0 Å². The fourth-order valence-electron chi connectivity index (χ4n) is 9.30. The monoisotopic (exact) mass is 827 g/mol. The molecule has 3 aliphatic rings. The fraction of sp³-hybridized carbons (Fsp3) is 0.682. The number of nitrogens with two attached hydrogens (primary N) is 1. The number of amides is 1. The van der Waals surface area contributed by atoms with Gasteiger partial charge in [-0.2, -0.15) is 0 Å². The number of aliphatic hydroxyl groups is 1. The number of likely N-dealkylation sites (N-methyl/N-ethyl adjacent to an activating group) is 1. The minimum absolute atomic E-state index is 0.0212. The molecule has 0 spiro atoms. The highest BCUT2D eigenvalue weighted by atomic mass is 19.1. The Labute approximate surface area is 348 Å². The molecule has 3 aliphatic heterocycles. The summed E-state index contributed by atoms with van der Waals surface area (Å²) in [5, 5.41) is 15.8. The number of nitrogens with zero attached hydrogens (tertiary/aromatic N) is 4. The number of benzene rings is 1. The second-order valence-electron chi connectivity index (χ2n) is 17.7. The average Bonchev–Trinajstić information content (AvgIpc) is 3.47. The van der Waals surface area contributed by atoms with Gasteiger partial charge in [0, 0.05) is 48.7 Å². The summed E-state index contributed by atoms with van der Waals surface area (Å²) in [5.74, 6) is -4.77. The predicted molar refractivity (Wildman–Crippen MR) is 221 cm³/mol. The zero-order chi connectivity index (χ0) is 43.8. The molecule has 0 bridgehead atoms. The first kappa shape index (κ1) is 46.5. The van der Waals surface area contributed by atoms with E-state index < -0.39 is 83.2 Å². The van der Waals surface area contributed by atoms with E-state index in [2.05, 4.69) is 4.98 Å². The van der Waals surface area contributed by atoms with Crippen molar-refractivity contribution in [3.63, 3.8) is 0 Å². The third-order valence-electron chi connectivity index (χ3n) is 13.1. The average molecular weight is 828 g/mol. The van der Waals surface area contributed by atoms with Gasteiger partial charge in [-0.1, -0.05) is 64.1 Å². The van der Waals surface area contributed by atoms with Gasteiger partial charge in [0.25, 0.3) is 5.67 Å². The molecule has 1 amide bonds. The first-order chi connectivity index (χ1) is 27.6. The number of para-hydroxylation sites is 1. The molecule has 3 fully saturated rings. The van der Waals surface area contributed by atoms with Gasteiger partial charge in [-0.25, -0.2) is 24.0 Å². The molecule has 3 N–H and O–H groups in total. The van der Waals surface area contributed by atoms with Gasteiger partial charge in [0.15, 0.2) is 17.7 Å². The highest BCUT2D eigenvalue weighted by Crippen LogP contribution is 2.44. The van der Waals surface area contributed by atoms with E-state index in [1.165, 1.54) is 18.9 Å². The molecule has 0 aliphatic carbocycles. The maximum absolute atomic E-state index is 17.0. The maximum atomic E-state index is 17.0. The minimum atomic E-state index is -3.17. The van der Waals surface area contributed by atoms with E-state index in [0.717, 1.165) is 23.4 Å². The van der Waals surface area contributed by atoms with Gasteiger partial charge in [0.2, 0.25) is 0 Å². The summed E-state index contributed by atoms with van der Waals surface area (Å²) in [6, 6.07) is 7.96. The number of hydrogen-bond acceptors (Lipinski definition) is 13. The number of alkyl halides is 1. The lowest BCUT2D eigenvalue weighted by molar-refractivity contribution is -0.297. The molecular weight excluding hydrogens is 762 g/mol. The third kappa shape index (κ3) is 9.21. The summed E-state index contributed by atoms with van der Waals surface area (Å²) in [7, 11) is 5.44. The van der Waals surface area contributed by atoms with E-state index in [1.54, 1.807) is 32.1 Å². The van der Waals surface area contributed by atoms with Crippen LogP contribution in [-0.4, -0.2) is 143 Å². The van der Waals surface area contributed by atoms with Crippen LogP contribution in [0, 0.1) is 17.8 Å². The Hall–Kier alpha value is -3.57. The molecular formula is C44H66FN5O9. The van der Waals surface area contributed by atoms with Gasteiger partial charge in [-0.15, -0.1) is 0 Å². The van der Waals surface area contributed by atoms with Gasteiger partial charge in [-0.05, 0) is 79.5 Å². The summed E-state index contributed by atoms with van der Waals surface area (Å²) in [4.78, 5) is 48.5. The smallest absolute Gasteiger partial charge is 0.425 e. The summed E-state index contributed by atoms with van der Waals surface area (Å²) >= 11 is 0. The van der Waals surface area contributed by atoms with Crippen molar-refractivity contribution in [1.82, 2.24) is 19.9 Å².